The van der Waals surface area contributed by atoms with E-state index in [1.165, 1.54) is 0 Å². The normalized spacial score (nSPS) is 14.7. The smallest absolute Gasteiger partial charge is 0.306 e. The lowest BCUT2D eigenvalue weighted by atomic mass is 9.90. The molecule has 1 unspecified atom stereocenters. The summed E-state index contributed by atoms with van der Waals surface area (Å²) < 4.78 is 5.35. The van der Waals surface area contributed by atoms with E-state index < -0.39 is 11.7 Å². The van der Waals surface area contributed by atoms with Crippen LogP contribution in [-0.4, -0.2) is 22.8 Å². The van der Waals surface area contributed by atoms with Gasteiger partial charge in [-0.2, -0.15) is 0 Å². The van der Waals surface area contributed by atoms with Crippen LogP contribution in [0.1, 0.15) is 60.8 Å². The number of rotatable bonds is 5. The Kier molecular flexibility index (Phi) is 5.47. The van der Waals surface area contributed by atoms with Crippen LogP contribution in [0.3, 0.4) is 0 Å². The largest absolute Gasteiger partial charge is 0.460 e. The maximum atomic E-state index is 11.6. The molecule has 0 fully saturated rings. The summed E-state index contributed by atoms with van der Waals surface area (Å²) in [6.07, 6.45) is 1.27. The van der Waals surface area contributed by atoms with Gasteiger partial charge in [0.1, 0.15) is 5.60 Å². The van der Waals surface area contributed by atoms with Crippen molar-refractivity contribution >= 4 is 5.97 Å². The Bertz CT molecular complexity index is 224. The molecular formula is C13H26O3. The first-order valence-corrected chi connectivity index (χ1v) is 5.92. The van der Waals surface area contributed by atoms with Crippen molar-refractivity contribution in [2.24, 2.45) is 5.41 Å². The summed E-state index contributed by atoms with van der Waals surface area (Å²) in [6, 6.07) is 0. The van der Waals surface area contributed by atoms with Crippen molar-refractivity contribution in [2.75, 3.05) is 0 Å². The summed E-state index contributed by atoms with van der Waals surface area (Å²) in [5.41, 5.74) is -0.434. The highest BCUT2D eigenvalue weighted by molar-refractivity contribution is 5.69. The molecule has 1 N–H and O–H groups in total. The molecule has 16 heavy (non-hydrogen) atoms. The van der Waals surface area contributed by atoms with Crippen LogP contribution < -0.4 is 0 Å². The second-order valence-electron chi connectivity index (χ2n) is 6.35. The summed E-state index contributed by atoms with van der Waals surface area (Å²) in [4.78, 5) is 11.6. The molecule has 0 saturated carbocycles. The first kappa shape index (κ1) is 15.4. The average Bonchev–Trinajstić information content (AvgIpc) is 1.95. The van der Waals surface area contributed by atoms with Gasteiger partial charge >= 0.3 is 5.97 Å². The van der Waals surface area contributed by atoms with Gasteiger partial charge in [-0.3, -0.25) is 4.79 Å². The third-order valence-electron chi connectivity index (χ3n) is 2.26. The third-order valence-corrected chi connectivity index (χ3v) is 2.26. The van der Waals surface area contributed by atoms with Crippen LogP contribution in [0.5, 0.6) is 0 Å². The number of esters is 1. The minimum atomic E-state index is -0.580. The van der Waals surface area contributed by atoms with Gasteiger partial charge in [0, 0.05) is 12.8 Å². The van der Waals surface area contributed by atoms with Crippen molar-refractivity contribution in [2.45, 2.75) is 72.5 Å². The standard InChI is InChI=1S/C13H26O3/c1-10(14)9-13(5,6)16-11(15)7-8-12(2,3)4/h10,14H,7-9H2,1-6H3. The second kappa shape index (κ2) is 5.67. The molecule has 0 saturated heterocycles. The van der Waals surface area contributed by atoms with Crippen LogP contribution in [0.15, 0.2) is 0 Å². The molecule has 0 aliphatic rings. The number of carbonyl (C=O) groups is 1. The van der Waals surface area contributed by atoms with E-state index >= 15 is 0 Å². The van der Waals surface area contributed by atoms with Crippen molar-refractivity contribution in [3.05, 3.63) is 0 Å². The summed E-state index contributed by atoms with van der Waals surface area (Å²) in [7, 11) is 0. The Morgan fingerprint density at radius 3 is 2.12 bits per heavy atom. The molecule has 0 aliphatic carbocycles. The van der Waals surface area contributed by atoms with Crippen molar-refractivity contribution in [1.82, 2.24) is 0 Å². The number of carbonyl (C=O) groups excluding carboxylic acids is 1. The molecule has 0 aromatic heterocycles. The van der Waals surface area contributed by atoms with Gasteiger partial charge in [0.2, 0.25) is 0 Å². The van der Waals surface area contributed by atoms with Gasteiger partial charge in [-0.05, 0) is 32.6 Å². The minimum Gasteiger partial charge on any atom is -0.460 e. The zero-order valence-electron chi connectivity index (χ0n) is 11.5. The number of aliphatic hydroxyl groups is 1. The lowest BCUT2D eigenvalue weighted by molar-refractivity contribution is -0.159. The molecule has 0 aromatic carbocycles. The van der Waals surface area contributed by atoms with Crippen molar-refractivity contribution in [3.63, 3.8) is 0 Å². The van der Waals surface area contributed by atoms with Gasteiger partial charge < -0.3 is 9.84 Å². The second-order valence-corrected chi connectivity index (χ2v) is 6.35. The first-order chi connectivity index (χ1) is 7.02. The third kappa shape index (κ3) is 8.72. The van der Waals surface area contributed by atoms with Gasteiger partial charge in [0.15, 0.2) is 0 Å². The number of hydrogen-bond acceptors (Lipinski definition) is 3. The summed E-state index contributed by atoms with van der Waals surface area (Å²) in [5, 5.41) is 9.27. The Balaban J connectivity index is 4.04. The molecule has 3 nitrogen and oxygen atoms in total. The topological polar surface area (TPSA) is 46.5 Å². The van der Waals surface area contributed by atoms with Gasteiger partial charge in [-0.1, -0.05) is 20.8 Å². The predicted molar refractivity (Wildman–Crippen MR) is 65.2 cm³/mol. The van der Waals surface area contributed by atoms with Crippen LogP contribution in [0.2, 0.25) is 0 Å². The molecule has 0 aromatic rings. The zero-order chi connectivity index (χ0) is 13.0. The quantitative estimate of drug-likeness (QED) is 0.739. The van der Waals surface area contributed by atoms with Gasteiger partial charge in [0.05, 0.1) is 6.10 Å². The lowest BCUT2D eigenvalue weighted by Gasteiger charge is -2.27. The van der Waals surface area contributed by atoms with Crippen molar-refractivity contribution in [3.8, 4) is 0 Å². The van der Waals surface area contributed by atoms with E-state index in [0.717, 1.165) is 6.42 Å². The fourth-order valence-corrected chi connectivity index (χ4v) is 1.59. The monoisotopic (exact) mass is 230 g/mol. The van der Waals surface area contributed by atoms with Gasteiger partial charge in [-0.15, -0.1) is 0 Å². The van der Waals surface area contributed by atoms with E-state index in [1.807, 2.05) is 13.8 Å². The highest BCUT2D eigenvalue weighted by atomic mass is 16.6. The Morgan fingerprint density at radius 2 is 1.75 bits per heavy atom. The van der Waals surface area contributed by atoms with Crippen LogP contribution in [0.25, 0.3) is 0 Å². The molecule has 1 atom stereocenters. The molecule has 0 spiro atoms. The molecule has 0 amide bonds. The highest BCUT2D eigenvalue weighted by Gasteiger charge is 2.25. The van der Waals surface area contributed by atoms with E-state index in [4.69, 9.17) is 4.74 Å². The van der Waals surface area contributed by atoms with Crippen molar-refractivity contribution < 1.29 is 14.6 Å². The van der Waals surface area contributed by atoms with Crippen LogP contribution in [0.4, 0.5) is 0 Å². The fraction of sp³-hybridized carbons (Fsp3) is 0.923. The van der Waals surface area contributed by atoms with Gasteiger partial charge in [0.25, 0.3) is 0 Å². The maximum Gasteiger partial charge on any atom is 0.306 e. The van der Waals surface area contributed by atoms with Crippen LogP contribution in [0, 0.1) is 5.41 Å². The Morgan fingerprint density at radius 1 is 1.25 bits per heavy atom. The van der Waals surface area contributed by atoms with E-state index in [9.17, 15) is 9.90 Å². The fourth-order valence-electron chi connectivity index (χ4n) is 1.59. The molecule has 96 valence electrons. The minimum absolute atomic E-state index is 0.146. The van der Waals surface area contributed by atoms with Crippen LogP contribution in [-0.2, 0) is 9.53 Å². The van der Waals surface area contributed by atoms with Crippen LogP contribution >= 0.6 is 0 Å². The first-order valence-electron chi connectivity index (χ1n) is 5.92. The molecule has 0 bridgehead atoms. The van der Waals surface area contributed by atoms with E-state index in [-0.39, 0.29) is 11.4 Å². The molecule has 0 rings (SSSR count). The summed E-state index contributed by atoms with van der Waals surface area (Å²) in [5.74, 6) is -0.180. The zero-order valence-corrected chi connectivity index (χ0v) is 11.5. The lowest BCUT2D eigenvalue weighted by Crippen LogP contribution is -2.32. The Labute approximate surface area is 99.2 Å². The predicted octanol–water partition coefficient (Wildman–Crippen LogP) is 2.91. The van der Waals surface area contributed by atoms with E-state index in [0.29, 0.717) is 12.8 Å². The average molecular weight is 230 g/mol. The molecule has 0 radical (unpaired) electrons. The highest BCUT2D eigenvalue weighted by Crippen LogP contribution is 2.23. The van der Waals surface area contributed by atoms with E-state index in [1.54, 1.807) is 6.92 Å². The van der Waals surface area contributed by atoms with Gasteiger partial charge in [-0.25, -0.2) is 0 Å². The van der Waals surface area contributed by atoms with E-state index in [2.05, 4.69) is 20.8 Å². The summed E-state index contributed by atoms with van der Waals surface area (Å²) >= 11 is 0. The Hall–Kier alpha value is -0.570. The summed E-state index contributed by atoms with van der Waals surface area (Å²) in [6.45, 7) is 11.7. The molecule has 3 heteroatoms. The number of hydrogen-bond donors (Lipinski definition) is 1. The van der Waals surface area contributed by atoms with Crippen molar-refractivity contribution in [1.29, 1.82) is 0 Å². The molecule has 0 aliphatic heterocycles. The SMILES string of the molecule is CC(O)CC(C)(C)OC(=O)CCC(C)(C)C. The number of ether oxygens (including phenoxy) is 1. The maximum absolute atomic E-state index is 11.6. The molecular weight excluding hydrogens is 204 g/mol. The molecule has 0 heterocycles. The number of aliphatic hydroxyl groups excluding tert-OH is 1.